The molecule has 0 aromatic heterocycles. The van der Waals surface area contributed by atoms with E-state index in [1.54, 1.807) is 13.8 Å². The van der Waals surface area contributed by atoms with Crippen LogP contribution in [0.15, 0.2) is 40.0 Å². The van der Waals surface area contributed by atoms with Crippen LogP contribution in [0, 0.1) is 0 Å². The SMILES string of the molecule is CCOC(=O)C1=C(CNC2(c3ccc(Br)cc3)CC2)NC(=O)N[C@H]1C. The van der Waals surface area contributed by atoms with Crippen molar-refractivity contribution in [3.63, 3.8) is 0 Å². The van der Waals surface area contributed by atoms with Gasteiger partial charge in [-0.25, -0.2) is 9.59 Å². The van der Waals surface area contributed by atoms with Crippen LogP contribution in [0.25, 0.3) is 0 Å². The van der Waals surface area contributed by atoms with Crippen LogP contribution < -0.4 is 16.0 Å². The highest BCUT2D eigenvalue weighted by Crippen LogP contribution is 2.45. The van der Waals surface area contributed by atoms with Gasteiger partial charge in [0.15, 0.2) is 0 Å². The fourth-order valence-corrected chi connectivity index (χ4v) is 3.40. The third kappa shape index (κ3) is 3.88. The van der Waals surface area contributed by atoms with Crippen LogP contribution in [-0.4, -0.2) is 31.2 Å². The van der Waals surface area contributed by atoms with Gasteiger partial charge in [0.25, 0.3) is 0 Å². The van der Waals surface area contributed by atoms with Crippen molar-refractivity contribution in [1.29, 1.82) is 0 Å². The summed E-state index contributed by atoms with van der Waals surface area (Å²) in [5.41, 5.74) is 2.17. The van der Waals surface area contributed by atoms with Crippen molar-refractivity contribution in [2.45, 2.75) is 38.3 Å². The molecule has 1 saturated carbocycles. The number of rotatable bonds is 6. The number of carbonyl (C=O) groups is 2. The van der Waals surface area contributed by atoms with Crippen LogP contribution in [0.5, 0.6) is 0 Å². The minimum atomic E-state index is -0.396. The zero-order valence-corrected chi connectivity index (χ0v) is 15.9. The van der Waals surface area contributed by atoms with Gasteiger partial charge in [0, 0.05) is 22.3 Å². The van der Waals surface area contributed by atoms with Gasteiger partial charge in [-0.1, -0.05) is 28.1 Å². The topological polar surface area (TPSA) is 79.5 Å². The van der Waals surface area contributed by atoms with Gasteiger partial charge >= 0.3 is 12.0 Å². The minimum Gasteiger partial charge on any atom is -0.463 e. The summed E-state index contributed by atoms with van der Waals surface area (Å²) in [4.78, 5) is 24.1. The summed E-state index contributed by atoms with van der Waals surface area (Å²) in [5.74, 6) is -0.396. The first-order valence-electron chi connectivity index (χ1n) is 8.44. The maximum Gasteiger partial charge on any atom is 0.337 e. The van der Waals surface area contributed by atoms with E-state index in [1.807, 2.05) is 12.1 Å². The first-order chi connectivity index (χ1) is 11.9. The van der Waals surface area contributed by atoms with E-state index in [9.17, 15) is 9.59 Å². The summed E-state index contributed by atoms with van der Waals surface area (Å²) in [6, 6.07) is 7.55. The van der Waals surface area contributed by atoms with Crippen LogP contribution in [0.4, 0.5) is 4.79 Å². The molecule has 3 rings (SSSR count). The molecule has 1 aliphatic heterocycles. The molecule has 0 saturated heterocycles. The number of urea groups is 1. The third-order valence-corrected chi connectivity index (χ3v) is 5.14. The van der Waals surface area contributed by atoms with E-state index in [1.165, 1.54) is 5.56 Å². The number of ether oxygens (including phenoxy) is 1. The van der Waals surface area contributed by atoms with Crippen molar-refractivity contribution in [2.24, 2.45) is 0 Å². The zero-order valence-electron chi connectivity index (χ0n) is 14.3. The first-order valence-corrected chi connectivity index (χ1v) is 9.23. The van der Waals surface area contributed by atoms with Gasteiger partial charge in [-0.2, -0.15) is 0 Å². The number of carbonyl (C=O) groups excluding carboxylic acids is 2. The van der Waals surface area contributed by atoms with Crippen molar-refractivity contribution in [3.05, 3.63) is 45.6 Å². The Labute approximate surface area is 155 Å². The molecule has 0 bridgehead atoms. The highest BCUT2D eigenvalue weighted by molar-refractivity contribution is 9.10. The molecule has 134 valence electrons. The Balaban J connectivity index is 1.79. The van der Waals surface area contributed by atoms with E-state index in [0.29, 0.717) is 24.4 Å². The van der Waals surface area contributed by atoms with Crippen LogP contribution in [0.3, 0.4) is 0 Å². The third-order valence-electron chi connectivity index (χ3n) is 4.62. The maximum absolute atomic E-state index is 12.3. The highest BCUT2D eigenvalue weighted by Gasteiger charge is 2.44. The van der Waals surface area contributed by atoms with Crippen LogP contribution in [0.2, 0.25) is 0 Å². The Morgan fingerprint density at radius 2 is 2.04 bits per heavy atom. The summed E-state index contributed by atoms with van der Waals surface area (Å²) in [7, 11) is 0. The standard InChI is InChI=1S/C18H22BrN3O3/c1-3-25-16(23)15-11(2)21-17(24)22-14(15)10-20-18(8-9-18)12-4-6-13(19)7-5-12/h4-7,11,20H,3,8-10H2,1-2H3,(H2,21,22,24)/t11-/m0/s1. The largest absolute Gasteiger partial charge is 0.463 e. The number of nitrogens with one attached hydrogen (secondary N) is 3. The average molecular weight is 408 g/mol. The predicted octanol–water partition coefficient (Wildman–Crippen LogP) is 2.55. The summed E-state index contributed by atoms with van der Waals surface area (Å²) < 4.78 is 6.18. The van der Waals surface area contributed by atoms with E-state index in [-0.39, 0.29) is 17.6 Å². The number of hydrogen-bond acceptors (Lipinski definition) is 4. The van der Waals surface area contributed by atoms with E-state index in [0.717, 1.165) is 17.3 Å². The van der Waals surface area contributed by atoms with Gasteiger partial charge in [-0.05, 0) is 44.4 Å². The lowest BCUT2D eigenvalue weighted by Crippen LogP contribution is -2.51. The molecule has 1 aromatic rings. The smallest absolute Gasteiger partial charge is 0.337 e. The first kappa shape index (κ1) is 17.9. The minimum absolute atomic E-state index is 0.0910. The van der Waals surface area contributed by atoms with Crippen LogP contribution in [0.1, 0.15) is 32.3 Å². The van der Waals surface area contributed by atoms with Crippen molar-refractivity contribution < 1.29 is 14.3 Å². The van der Waals surface area contributed by atoms with Gasteiger partial charge in [0.05, 0.1) is 18.2 Å². The molecule has 1 aromatic carbocycles. The van der Waals surface area contributed by atoms with Crippen molar-refractivity contribution in [1.82, 2.24) is 16.0 Å². The zero-order chi connectivity index (χ0) is 18.0. The highest BCUT2D eigenvalue weighted by atomic mass is 79.9. The molecule has 3 N–H and O–H groups in total. The van der Waals surface area contributed by atoms with Crippen molar-refractivity contribution >= 4 is 27.9 Å². The number of halogens is 1. The fourth-order valence-electron chi connectivity index (χ4n) is 3.14. The fraction of sp³-hybridized carbons (Fsp3) is 0.444. The second kappa shape index (κ2) is 7.17. The van der Waals surface area contributed by atoms with Gasteiger partial charge in [-0.15, -0.1) is 0 Å². The van der Waals surface area contributed by atoms with Gasteiger partial charge < -0.3 is 20.7 Å². The molecule has 1 atom stereocenters. The maximum atomic E-state index is 12.3. The average Bonchev–Trinajstić information content (AvgIpc) is 3.34. The van der Waals surface area contributed by atoms with Gasteiger partial charge in [0.1, 0.15) is 0 Å². The lowest BCUT2D eigenvalue weighted by atomic mass is 10.0. The molecule has 0 unspecified atom stereocenters. The number of hydrogen-bond donors (Lipinski definition) is 3. The summed E-state index contributed by atoms with van der Waals surface area (Å²) >= 11 is 3.45. The van der Waals surface area contributed by atoms with Crippen molar-refractivity contribution in [3.8, 4) is 0 Å². The van der Waals surface area contributed by atoms with Gasteiger partial charge in [-0.3, -0.25) is 0 Å². The molecule has 2 amide bonds. The predicted molar refractivity (Wildman–Crippen MR) is 97.8 cm³/mol. The normalized spacial score (nSPS) is 21.4. The van der Waals surface area contributed by atoms with E-state index < -0.39 is 5.97 Å². The molecule has 6 nitrogen and oxygen atoms in total. The lowest BCUT2D eigenvalue weighted by molar-refractivity contribution is -0.139. The lowest BCUT2D eigenvalue weighted by Gasteiger charge is -2.28. The number of esters is 1. The molecule has 0 radical (unpaired) electrons. The van der Waals surface area contributed by atoms with Gasteiger partial charge in [0.2, 0.25) is 0 Å². The van der Waals surface area contributed by atoms with Crippen LogP contribution in [-0.2, 0) is 15.1 Å². The number of benzene rings is 1. The summed E-state index contributed by atoms with van der Waals surface area (Å²) in [5, 5.41) is 8.98. The summed E-state index contributed by atoms with van der Waals surface area (Å²) in [6.45, 7) is 4.25. The second-order valence-corrected chi connectivity index (χ2v) is 7.29. The molecule has 1 fully saturated rings. The van der Waals surface area contributed by atoms with Crippen molar-refractivity contribution in [2.75, 3.05) is 13.2 Å². The number of amides is 2. The Morgan fingerprint density at radius 1 is 1.36 bits per heavy atom. The molecule has 7 heteroatoms. The molecular weight excluding hydrogens is 386 g/mol. The van der Waals surface area contributed by atoms with E-state index in [4.69, 9.17) is 4.74 Å². The molecule has 1 heterocycles. The summed E-state index contributed by atoms with van der Waals surface area (Å²) in [6.07, 6.45) is 2.05. The van der Waals surface area contributed by atoms with Crippen LogP contribution >= 0.6 is 15.9 Å². The Hall–Kier alpha value is -1.86. The Kier molecular flexibility index (Phi) is 5.15. The molecular formula is C18H22BrN3O3. The Bertz CT molecular complexity index is 711. The molecule has 0 spiro atoms. The Morgan fingerprint density at radius 3 is 2.64 bits per heavy atom. The molecule has 2 aliphatic rings. The monoisotopic (exact) mass is 407 g/mol. The second-order valence-electron chi connectivity index (χ2n) is 6.38. The van der Waals surface area contributed by atoms with E-state index >= 15 is 0 Å². The molecule has 25 heavy (non-hydrogen) atoms. The van der Waals surface area contributed by atoms with E-state index in [2.05, 4.69) is 44.0 Å². The molecule has 1 aliphatic carbocycles. The quantitative estimate of drug-likeness (QED) is 0.633.